The fourth-order valence-electron chi connectivity index (χ4n) is 3.06. The average Bonchev–Trinajstić information content (AvgIpc) is 3.10. The number of rotatable bonds is 5. The lowest BCUT2D eigenvalue weighted by atomic mass is 10.1. The molecule has 1 aliphatic heterocycles. The minimum Gasteiger partial charge on any atom is -0.381 e. The second kappa shape index (κ2) is 7.04. The van der Waals surface area contributed by atoms with Crippen molar-refractivity contribution in [2.75, 3.05) is 25.0 Å². The van der Waals surface area contributed by atoms with Crippen LogP contribution in [0.3, 0.4) is 0 Å². The van der Waals surface area contributed by atoms with E-state index in [9.17, 15) is 13.2 Å². The number of benzene rings is 2. The fraction of sp³-hybridized carbons (Fsp3) is 0.333. The molecule has 2 nitrogen and oxygen atoms in total. The van der Waals surface area contributed by atoms with Crippen molar-refractivity contribution in [3.63, 3.8) is 0 Å². The van der Waals surface area contributed by atoms with E-state index in [0.29, 0.717) is 6.54 Å². The second-order valence-electron chi connectivity index (χ2n) is 5.77. The third-order valence-electron chi connectivity index (χ3n) is 4.29. The zero-order valence-corrected chi connectivity index (χ0v) is 12.7. The highest BCUT2D eigenvalue weighted by atomic mass is 19.2. The van der Waals surface area contributed by atoms with Crippen molar-refractivity contribution >= 4 is 5.69 Å². The lowest BCUT2D eigenvalue weighted by Gasteiger charge is -2.28. The van der Waals surface area contributed by atoms with Gasteiger partial charge in [-0.15, -0.1) is 0 Å². The van der Waals surface area contributed by atoms with E-state index in [2.05, 4.69) is 10.2 Å². The van der Waals surface area contributed by atoms with E-state index in [1.165, 1.54) is 6.07 Å². The normalized spacial score (nSPS) is 16.5. The summed E-state index contributed by atoms with van der Waals surface area (Å²) in [5.74, 6) is -3.78. The van der Waals surface area contributed by atoms with Crippen LogP contribution in [0.2, 0.25) is 0 Å². The van der Waals surface area contributed by atoms with E-state index in [1.54, 1.807) is 0 Å². The third kappa shape index (κ3) is 3.50. The monoisotopic (exact) mass is 320 g/mol. The molecular formula is C18H19F3N2. The summed E-state index contributed by atoms with van der Waals surface area (Å²) < 4.78 is 40.2. The number of nitrogens with zero attached hydrogens (tertiary/aromatic N) is 1. The summed E-state index contributed by atoms with van der Waals surface area (Å²) in [4.78, 5) is 2.33. The number of nitrogens with one attached hydrogen (secondary N) is 1. The van der Waals surface area contributed by atoms with E-state index in [1.807, 2.05) is 30.3 Å². The molecule has 1 unspecified atom stereocenters. The van der Waals surface area contributed by atoms with Crippen LogP contribution in [-0.4, -0.2) is 24.5 Å². The van der Waals surface area contributed by atoms with Gasteiger partial charge in [0.05, 0.1) is 11.7 Å². The van der Waals surface area contributed by atoms with Gasteiger partial charge in [-0.2, -0.15) is 0 Å². The van der Waals surface area contributed by atoms with E-state index < -0.39 is 17.5 Å². The summed E-state index contributed by atoms with van der Waals surface area (Å²) >= 11 is 0. The predicted molar refractivity (Wildman–Crippen MR) is 84.8 cm³/mol. The fourth-order valence-corrected chi connectivity index (χ4v) is 3.06. The Labute approximate surface area is 133 Å². The standard InChI is InChI=1S/C18H19F3N2/c19-14-8-9-15(18(21)17(14)20)22-12-16(23-10-4-5-11-23)13-6-2-1-3-7-13/h1-3,6-9,16,22H,4-5,10-12H2. The number of halogens is 3. The smallest absolute Gasteiger partial charge is 0.196 e. The van der Waals surface area contributed by atoms with Gasteiger partial charge in [0.2, 0.25) is 0 Å². The largest absolute Gasteiger partial charge is 0.381 e. The Morgan fingerprint density at radius 3 is 2.30 bits per heavy atom. The number of anilines is 1. The molecule has 1 N–H and O–H groups in total. The molecule has 0 radical (unpaired) electrons. The van der Waals surface area contributed by atoms with Gasteiger partial charge < -0.3 is 5.32 Å². The van der Waals surface area contributed by atoms with E-state index in [0.717, 1.165) is 37.6 Å². The lowest BCUT2D eigenvalue weighted by Crippen LogP contribution is -2.31. The molecule has 0 aromatic heterocycles. The van der Waals surface area contributed by atoms with Crippen molar-refractivity contribution < 1.29 is 13.2 Å². The van der Waals surface area contributed by atoms with Gasteiger partial charge in [0.25, 0.3) is 0 Å². The Bertz CT molecular complexity index is 655. The Balaban J connectivity index is 1.78. The molecule has 5 heteroatoms. The van der Waals surface area contributed by atoms with Crippen LogP contribution < -0.4 is 5.32 Å². The zero-order valence-electron chi connectivity index (χ0n) is 12.7. The molecule has 2 aromatic rings. The van der Waals surface area contributed by atoms with E-state index in [4.69, 9.17) is 0 Å². The van der Waals surface area contributed by atoms with Crippen molar-refractivity contribution in [3.8, 4) is 0 Å². The first-order valence-electron chi connectivity index (χ1n) is 7.83. The molecule has 1 heterocycles. The van der Waals surface area contributed by atoms with Gasteiger partial charge in [0, 0.05) is 6.54 Å². The molecule has 3 rings (SSSR count). The van der Waals surface area contributed by atoms with Crippen LogP contribution in [0.4, 0.5) is 18.9 Å². The van der Waals surface area contributed by atoms with Gasteiger partial charge >= 0.3 is 0 Å². The molecule has 23 heavy (non-hydrogen) atoms. The summed E-state index contributed by atoms with van der Waals surface area (Å²) in [7, 11) is 0. The molecule has 1 aliphatic rings. The van der Waals surface area contributed by atoms with Crippen LogP contribution in [0.5, 0.6) is 0 Å². The van der Waals surface area contributed by atoms with Gasteiger partial charge in [-0.25, -0.2) is 13.2 Å². The minimum absolute atomic E-state index is 0.0102. The molecule has 0 aliphatic carbocycles. The summed E-state index contributed by atoms with van der Waals surface area (Å²) in [5.41, 5.74) is 1.12. The van der Waals surface area contributed by atoms with Crippen LogP contribution in [0.1, 0.15) is 24.4 Å². The van der Waals surface area contributed by atoms with Crippen molar-refractivity contribution in [1.82, 2.24) is 4.90 Å². The minimum atomic E-state index is -1.44. The van der Waals surface area contributed by atoms with Gasteiger partial charge in [-0.1, -0.05) is 30.3 Å². The number of hydrogen-bond acceptors (Lipinski definition) is 2. The maximum atomic E-state index is 13.8. The first-order valence-corrected chi connectivity index (χ1v) is 7.83. The highest BCUT2D eigenvalue weighted by Crippen LogP contribution is 2.27. The van der Waals surface area contributed by atoms with Crippen molar-refractivity contribution in [2.24, 2.45) is 0 Å². The van der Waals surface area contributed by atoms with E-state index in [-0.39, 0.29) is 11.7 Å². The molecule has 1 fully saturated rings. The zero-order chi connectivity index (χ0) is 16.2. The quantitative estimate of drug-likeness (QED) is 0.824. The molecular weight excluding hydrogens is 301 g/mol. The maximum Gasteiger partial charge on any atom is 0.196 e. The predicted octanol–water partition coefficient (Wildman–Crippen LogP) is 4.35. The Morgan fingerprint density at radius 1 is 0.913 bits per heavy atom. The third-order valence-corrected chi connectivity index (χ3v) is 4.29. The highest BCUT2D eigenvalue weighted by Gasteiger charge is 2.24. The Morgan fingerprint density at radius 2 is 1.61 bits per heavy atom. The molecule has 122 valence electrons. The Hall–Kier alpha value is -2.01. The van der Waals surface area contributed by atoms with Crippen molar-refractivity contribution in [3.05, 3.63) is 65.5 Å². The molecule has 0 amide bonds. The molecule has 2 aromatic carbocycles. The Kier molecular flexibility index (Phi) is 4.86. The summed E-state index contributed by atoms with van der Waals surface area (Å²) in [6, 6.07) is 12.2. The van der Waals surface area contributed by atoms with E-state index >= 15 is 0 Å². The highest BCUT2D eigenvalue weighted by molar-refractivity contribution is 5.45. The first-order chi connectivity index (χ1) is 11.2. The summed E-state index contributed by atoms with van der Waals surface area (Å²) in [5, 5.41) is 2.93. The topological polar surface area (TPSA) is 15.3 Å². The van der Waals surface area contributed by atoms with Gasteiger partial charge in [0.1, 0.15) is 0 Å². The maximum absolute atomic E-state index is 13.8. The second-order valence-corrected chi connectivity index (χ2v) is 5.77. The van der Waals surface area contributed by atoms with Crippen LogP contribution in [0, 0.1) is 17.5 Å². The average molecular weight is 320 g/mol. The van der Waals surface area contributed by atoms with Crippen molar-refractivity contribution in [1.29, 1.82) is 0 Å². The first kappa shape index (κ1) is 15.9. The molecule has 1 saturated heterocycles. The van der Waals surface area contributed by atoms with Gasteiger partial charge in [-0.3, -0.25) is 4.90 Å². The van der Waals surface area contributed by atoms with Gasteiger partial charge in [0.15, 0.2) is 17.5 Å². The number of likely N-dealkylation sites (tertiary alicyclic amines) is 1. The van der Waals surface area contributed by atoms with Crippen LogP contribution in [0.25, 0.3) is 0 Å². The molecule has 1 atom stereocenters. The van der Waals surface area contributed by atoms with Crippen LogP contribution in [-0.2, 0) is 0 Å². The van der Waals surface area contributed by atoms with Crippen molar-refractivity contribution in [2.45, 2.75) is 18.9 Å². The molecule has 0 spiro atoms. The SMILES string of the molecule is Fc1ccc(NCC(c2ccccc2)N2CCCC2)c(F)c1F. The molecule has 0 bridgehead atoms. The lowest BCUT2D eigenvalue weighted by molar-refractivity contribution is 0.256. The van der Waals surface area contributed by atoms with Gasteiger partial charge in [-0.05, 0) is 43.6 Å². The molecule has 0 saturated carbocycles. The number of hydrogen-bond donors (Lipinski definition) is 1. The summed E-state index contributed by atoms with van der Waals surface area (Å²) in [6.07, 6.45) is 2.28. The van der Waals surface area contributed by atoms with Crippen LogP contribution in [0.15, 0.2) is 42.5 Å². The summed E-state index contributed by atoms with van der Waals surface area (Å²) in [6.45, 7) is 2.41. The van der Waals surface area contributed by atoms with Crippen LogP contribution >= 0.6 is 0 Å².